The van der Waals surface area contributed by atoms with Crippen molar-refractivity contribution in [2.24, 2.45) is 0 Å². The lowest BCUT2D eigenvalue weighted by Gasteiger charge is -2.12. The molecule has 0 aliphatic carbocycles. The normalized spacial score (nSPS) is 12.7. The average molecular weight is 530 g/mol. The molecule has 0 fully saturated rings. The summed E-state index contributed by atoms with van der Waals surface area (Å²) >= 11 is 12.3. The number of hydrogen-bond acceptors (Lipinski definition) is 6. The van der Waals surface area contributed by atoms with Gasteiger partial charge in [0, 0.05) is 5.02 Å². The maximum absolute atomic E-state index is 12.9. The first-order chi connectivity index (χ1) is 16.7. The highest BCUT2D eigenvalue weighted by Crippen LogP contribution is 2.33. The Bertz CT molecular complexity index is 1510. The van der Waals surface area contributed by atoms with Gasteiger partial charge in [-0.2, -0.15) is 5.26 Å². The van der Waals surface area contributed by atoms with Crippen molar-refractivity contribution in [1.82, 2.24) is 0 Å². The quantitative estimate of drug-likeness (QED) is 0.327. The molecule has 0 saturated heterocycles. The number of nitrogens with one attached hydrogen (secondary N) is 2. The highest BCUT2D eigenvalue weighted by Gasteiger charge is 2.19. The average Bonchev–Trinajstić information content (AvgIpc) is 3.29. The molecule has 0 radical (unpaired) electrons. The van der Waals surface area contributed by atoms with Gasteiger partial charge in [-0.25, -0.2) is 8.42 Å². The predicted octanol–water partition coefficient (Wildman–Crippen LogP) is 5.38. The van der Waals surface area contributed by atoms with E-state index in [9.17, 15) is 18.5 Å². The van der Waals surface area contributed by atoms with Crippen molar-refractivity contribution in [1.29, 1.82) is 5.26 Å². The summed E-state index contributed by atoms with van der Waals surface area (Å²) < 4.78 is 38.7. The second kappa shape index (κ2) is 9.88. The molecule has 4 rings (SSSR count). The number of halogens is 2. The van der Waals surface area contributed by atoms with Gasteiger partial charge in [0.25, 0.3) is 15.9 Å². The van der Waals surface area contributed by atoms with Crippen LogP contribution in [-0.2, 0) is 14.8 Å². The van der Waals surface area contributed by atoms with Crippen molar-refractivity contribution >= 4 is 56.6 Å². The van der Waals surface area contributed by atoms with E-state index in [4.69, 9.17) is 32.7 Å². The lowest BCUT2D eigenvalue weighted by atomic mass is 10.1. The van der Waals surface area contributed by atoms with Crippen LogP contribution in [0.2, 0.25) is 10.0 Å². The van der Waals surface area contributed by atoms with Crippen LogP contribution < -0.4 is 19.5 Å². The molecule has 3 aromatic rings. The van der Waals surface area contributed by atoms with Crippen LogP contribution in [0.1, 0.15) is 11.1 Å². The number of fused-ring (bicyclic) bond motifs is 1. The van der Waals surface area contributed by atoms with Crippen molar-refractivity contribution in [2.45, 2.75) is 11.8 Å². The number of carbonyl (C=O) groups excluding carboxylic acids is 1. The first-order valence-corrected chi connectivity index (χ1v) is 12.3. The van der Waals surface area contributed by atoms with Crippen molar-refractivity contribution in [3.63, 3.8) is 0 Å². The molecule has 0 unspecified atom stereocenters. The summed E-state index contributed by atoms with van der Waals surface area (Å²) in [5.41, 5.74) is 1.42. The summed E-state index contributed by atoms with van der Waals surface area (Å²) in [6.45, 7) is 1.89. The molecule has 0 aromatic heterocycles. The Kier molecular flexibility index (Phi) is 6.89. The number of nitriles is 1. The van der Waals surface area contributed by atoms with E-state index in [0.29, 0.717) is 22.1 Å². The summed E-state index contributed by atoms with van der Waals surface area (Å²) in [7, 11) is -4.02. The van der Waals surface area contributed by atoms with Gasteiger partial charge in [0.2, 0.25) is 6.79 Å². The van der Waals surface area contributed by atoms with E-state index in [1.54, 1.807) is 37.3 Å². The van der Waals surface area contributed by atoms with Crippen LogP contribution in [-0.4, -0.2) is 21.1 Å². The minimum absolute atomic E-state index is 0.0216. The molecule has 0 atom stereocenters. The van der Waals surface area contributed by atoms with Crippen LogP contribution in [0.4, 0.5) is 11.4 Å². The van der Waals surface area contributed by atoms with Crippen molar-refractivity contribution < 1.29 is 22.7 Å². The van der Waals surface area contributed by atoms with Crippen molar-refractivity contribution in [3.8, 4) is 17.6 Å². The number of anilines is 2. The zero-order chi connectivity index (χ0) is 25.2. The maximum Gasteiger partial charge on any atom is 0.266 e. The van der Waals surface area contributed by atoms with Crippen LogP contribution in [0, 0.1) is 18.3 Å². The molecule has 0 saturated carbocycles. The SMILES string of the molecule is Cc1ccc(NS(=O)(=O)c2ccc(Cl)c(NC(=O)C(C#N)=Cc3ccc4c(c3)OCO4)c2)cc1Cl. The van der Waals surface area contributed by atoms with Crippen LogP contribution in [0.25, 0.3) is 6.08 Å². The largest absolute Gasteiger partial charge is 0.454 e. The summed E-state index contributed by atoms with van der Waals surface area (Å²) in [5, 5.41) is 12.5. The second-order valence-electron chi connectivity index (χ2n) is 7.45. The molecule has 2 N–H and O–H groups in total. The lowest BCUT2D eigenvalue weighted by Crippen LogP contribution is -2.16. The van der Waals surface area contributed by atoms with Gasteiger partial charge in [-0.15, -0.1) is 0 Å². The third-order valence-corrected chi connectivity index (χ3v) is 7.11. The monoisotopic (exact) mass is 529 g/mol. The number of sulfonamides is 1. The molecule has 11 heteroatoms. The minimum Gasteiger partial charge on any atom is -0.454 e. The van der Waals surface area contributed by atoms with E-state index in [-0.39, 0.29) is 33.7 Å². The predicted molar refractivity (Wildman–Crippen MR) is 133 cm³/mol. The molecule has 1 heterocycles. The lowest BCUT2D eigenvalue weighted by molar-refractivity contribution is -0.112. The molecular weight excluding hydrogens is 513 g/mol. The van der Waals surface area contributed by atoms with Gasteiger partial charge in [0.15, 0.2) is 11.5 Å². The zero-order valence-corrected chi connectivity index (χ0v) is 20.5. The molecule has 0 bridgehead atoms. The van der Waals surface area contributed by atoms with Gasteiger partial charge in [0.1, 0.15) is 11.6 Å². The molecule has 8 nitrogen and oxygen atoms in total. The van der Waals surface area contributed by atoms with Gasteiger partial charge < -0.3 is 14.8 Å². The smallest absolute Gasteiger partial charge is 0.266 e. The fraction of sp³-hybridized carbons (Fsp3) is 0.0833. The van der Waals surface area contributed by atoms with E-state index in [2.05, 4.69) is 10.0 Å². The number of nitrogens with zero attached hydrogens (tertiary/aromatic N) is 1. The Morgan fingerprint density at radius 3 is 2.54 bits per heavy atom. The molecule has 178 valence electrons. The number of amides is 1. The standard InChI is InChI=1S/C24H17Cl2N3O5S/c1-14-2-4-17(10-20(14)26)29-35(31,32)18-5-6-19(25)21(11-18)28-24(30)16(12-27)8-15-3-7-22-23(9-15)34-13-33-22/h2-11,29H,13H2,1H3,(H,28,30). The van der Waals surface area contributed by atoms with E-state index in [1.165, 1.54) is 30.3 Å². The molecular formula is C24H17Cl2N3O5S. The molecule has 3 aromatic carbocycles. The van der Waals surface area contributed by atoms with Gasteiger partial charge >= 0.3 is 0 Å². The van der Waals surface area contributed by atoms with Crippen molar-refractivity contribution in [3.05, 3.63) is 81.3 Å². The van der Waals surface area contributed by atoms with Gasteiger partial charge in [0.05, 0.1) is 21.3 Å². The number of carbonyl (C=O) groups is 1. The van der Waals surface area contributed by atoms with Crippen LogP contribution >= 0.6 is 23.2 Å². The Morgan fingerprint density at radius 2 is 1.80 bits per heavy atom. The minimum atomic E-state index is -4.02. The molecule has 1 aliphatic rings. The molecule has 1 amide bonds. The Balaban J connectivity index is 1.56. The highest BCUT2D eigenvalue weighted by molar-refractivity contribution is 7.92. The maximum atomic E-state index is 12.9. The van der Waals surface area contributed by atoms with Gasteiger partial charge in [-0.05, 0) is 66.6 Å². The van der Waals surface area contributed by atoms with E-state index in [1.807, 2.05) is 6.07 Å². The first-order valence-electron chi connectivity index (χ1n) is 10.1. The van der Waals surface area contributed by atoms with E-state index in [0.717, 1.165) is 5.56 Å². The van der Waals surface area contributed by atoms with Gasteiger partial charge in [-0.3, -0.25) is 9.52 Å². The van der Waals surface area contributed by atoms with Crippen LogP contribution in [0.3, 0.4) is 0 Å². The fourth-order valence-electron chi connectivity index (χ4n) is 3.15. The third kappa shape index (κ3) is 5.52. The number of hydrogen-bond donors (Lipinski definition) is 2. The summed E-state index contributed by atoms with van der Waals surface area (Å²) in [4.78, 5) is 12.6. The fourth-order valence-corrected chi connectivity index (χ4v) is 4.57. The Morgan fingerprint density at radius 1 is 1.03 bits per heavy atom. The molecule has 0 spiro atoms. The van der Waals surface area contributed by atoms with Gasteiger partial charge in [-0.1, -0.05) is 35.3 Å². The molecule has 1 aliphatic heterocycles. The first kappa shape index (κ1) is 24.4. The number of ether oxygens (including phenoxy) is 2. The Labute approximate surface area is 211 Å². The third-order valence-electron chi connectivity index (χ3n) is 4.99. The number of aryl methyl sites for hydroxylation is 1. The number of benzene rings is 3. The van der Waals surface area contributed by atoms with E-state index < -0.39 is 15.9 Å². The zero-order valence-electron chi connectivity index (χ0n) is 18.1. The Hall–Kier alpha value is -3.71. The summed E-state index contributed by atoms with van der Waals surface area (Å²) in [5.74, 6) is 0.302. The highest BCUT2D eigenvalue weighted by atomic mass is 35.5. The topological polar surface area (TPSA) is 118 Å². The summed E-state index contributed by atoms with van der Waals surface area (Å²) in [6.07, 6.45) is 1.37. The second-order valence-corrected chi connectivity index (χ2v) is 9.94. The number of rotatable bonds is 6. The van der Waals surface area contributed by atoms with Crippen molar-refractivity contribution in [2.75, 3.05) is 16.8 Å². The van der Waals surface area contributed by atoms with Crippen LogP contribution in [0.15, 0.2) is 65.1 Å². The van der Waals surface area contributed by atoms with Crippen LogP contribution in [0.5, 0.6) is 11.5 Å². The van der Waals surface area contributed by atoms with E-state index >= 15 is 0 Å². The summed E-state index contributed by atoms with van der Waals surface area (Å²) in [6, 6.07) is 15.4. The molecule has 35 heavy (non-hydrogen) atoms.